The monoisotopic (exact) mass is 371 g/mol. The molecule has 0 radical (unpaired) electrons. The Kier molecular flexibility index (Phi) is 6.19. The molecule has 1 aliphatic rings. The second-order valence-corrected chi connectivity index (χ2v) is 7.52. The lowest BCUT2D eigenvalue weighted by atomic mass is 10.1. The summed E-state index contributed by atoms with van der Waals surface area (Å²) in [5.41, 5.74) is 2.74. The van der Waals surface area contributed by atoms with E-state index in [1.807, 2.05) is 6.92 Å². The fraction of sp³-hybridized carbons (Fsp3) is 0.400. The highest BCUT2D eigenvalue weighted by molar-refractivity contribution is 7.07. The standard InChI is InChI=1S/C20H25N3O2S/c1-15(20(25)21-19-5-3-18(4-6-19)16(2)24)23-10-8-22(9-11-23)13-17-7-12-26-14-17/h3-7,12,14-15H,8-11,13H2,1-2H3,(H,21,25)/t15-/m0/s1. The van der Waals surface area contributed by atoms with Crippen molar-refractivity contribution in [1.82, 2.24) is 9.80 Å². The van der Waals surface area contributed by atoms with Gasteiger partial charge in [0.1, 0.15) is 0 Å². The van der Waals surface area contributed by atoms with Gasteiger partial charge in [-0.1, -0.05) is 0 Å². The van der Waals surface area contributed by atoms with Crippen LogP contribution < -0.4 is 5.32 Å². The van der Waals surface area contributed by atoms with Gasteiger partial charge in [0.05, 0.1) is 6.04 Å². The predicted octanol–water partition coefficient (Wildman–Crippen LogP) is 3.10. The number of carbonyl (C=O) groups is 2. The Balaban J connectivity index is 1.48. The number of nitrogens with zero attached hydrogens (tertiary/aromatic N) is 2. The summed E-state index contributed by atoms with van der Waals surface area (Å²) < 4.78 is 0. The second-order valence-electron chi connectivity index (χ2n) is 6.74. The molecule has 1 fully saturated rings. The molecule has 5 nitrogen and oxygen atoms in total. The number of hydrogen-bond donors (Lipinski definition) is 1. The van der Waals surface area contributed by atoms with Gasteiger partial charge in [0.15, 0.2) is 5.78 Å². The number of Topliss-reactive ketones (excluding diaryl/α,β-unsaturated/α-hetero) is 1. The first-order chi connectivity index (χ1) is 12.5. The molecule has 0 unspecified atom stereocenters. The Labute approximate surface area is 158 Å². The van der Waals surface area contributed by atoms with Gasteiger partial charge in [0.2, 0.25) is 5.91 Å². The van der Waals surface area contributed by atoms with Gasteiger partial charge in [-0.05, 0) is 60.5 Å². The summed E-state index contributed by atoms with van der Waals surface area (Å²) >= 11 is 1.73. The molecule has 26 heavy (non-hydrogen) atoms. The van der Waals surface area contributed by atoms with Crippen molar-refractivity contribution in [3.8, 4) is 0 Å². The molecule has 0 bridgehead atoms. The molecule has 0 aliphatic carbocycles. The van der Waals surface area contributed by atoms with Gasteiger partial charge in [-0.3, -0.25) is 19.4 Å². The normalized spacial score (nSPS) is 17.0. The summed E-state index contributed by atoms with van der Waals surface area (Å²) in [6.45, 7) is 8.20. The van der Waals surface area contributed by atoms with E-state index >= 15 is 0 Å². The maximum absolute atomic E-state index is 12.5. The van der Waals surface area contributed by atoms with E-state index in [0.29, 0.717) is 5.56 Å². The first kappa shape index (κ1) is 18.8. The molecular formula is C20H25N3O2S. The molecule has 3 rings (SSSR count). The molecular weight excluding hydrogens is 346 g/mol. The SMILES string of the molecule is CC(=O)c1ccc(NC(=O)[C@H](C)N2CCN(Cc3ccsc3)CC2)cc1. The molecule has 138 valence electrons. The highest BCUT2D eigenvalue weighted by Crippen LogP contribution is 2.15. The molecule has 0 saturated carbocycles. The van der Waals surface area contributed by atoms with Gasteiger partial charge in [-0.25, -0.2) is 0 Å². The third kappa shape index (κ3) is 4.78. The molecule has 1 aliphatic heterocycles. The van der Waals surface area contributed by atoms with Crippen LogP contribution in [0.1, 0.15) is 29.8 Å². The number of hydrogen-bond acceptors (Lipinski definition) is 5. The molecule has 1 atom stereocenters. The van der Waals surface area contributed by atoms with Crippen LogP contribution in [-0.4, -0.2) is 53.7 Å². The Morgan fingerprint density at radius 1 is 1.12 bits per heavy atom. The third-order valence-corrected chi connectivity index (χ3v) is 5.61. The number of piperazine rings is 1. The number of rotatable bonds is 6. The quantitative estimate of drug-likeness (QED) is 0.793. The fourth-order valence-corrected chi connectivity index (χ4v) is 3.81. The van der Waals surface area contributed by atoms with Crippen molar-refractivity contribution in [2.45, 2.75) is 26.4 Å². The van der Waals surface area contributed by atoms with Crippen molar-refractivity contribution in [3.63, 3.8) is 0 Å². The first-order valence-corrected chi connectivity index (χ1v) is 9.86. The molecule has 1 aromatic heterocycles. The second kappa shape index (κ2) is 8.58. The molecule has 2 aromatic rings. The van der Waals surface area contributed by atoms with E-state index in [4.69, 9.17) is 0 Å². The molecule has 1 amide bonds. The smallest absolute Gasteiger partial charge is 0.241 e. The number of anilines is 1. The number of ketones is 1. The van der Waals surface area contributed by atoms with Gasteiger partial charge in [0.25, 0.3) is 0 Å². The summed E-state index contributed by atoms with van der Waals surface area (Å²) in [6.07, 6.45) is 0. The van der Waals surface area contributed by atoms with Crippen molar-refractivity contribution < 1.29 is 9.59 Å². The van der Waals surface area contributed by atoms with E-state index in [1.165, 1.54) is 12.5 Å². The van der Waals surface area contributed by atoms with Crippen LogP contribution in [0.5, 0.6) is 0 Å². The van der Waals surface area contributed by atoms with E-state index in [-0.39, 0.29) is 17.7 Å². The van der Waals surface area contributed by atoms with Crippen LogP contribution in [0.4, 0.5) is 5.69 Å². The van der Waals surface area contributed by atoms with Crippen LogP contribution in [0.2, 0.25) is 0 Å². The average Bonchev–Trinajstić information content (AvgIpc) is 3.15. The lowest BCUT2D eigenvalue weighted by molar-refractivity contribution is -0.121. The van der Waals surface area contributed by atoms with E-state index in [0.717, 1.165) is 38.4 Å². The Hall–Kier alpha value is -2.02. The van der Waals surface area contributed by atoms with Gasteiger partial charge >= 0.3 is 0 Å². The topological polar surface area (TPSA) is 52.7 Å². The molecule has 2 heterocycles. The van der Waals surface area contributed by atoms with Crippen LogP contribution >= 0.6 is 11.3 Å². The molecule has 1 aromatic carbocycles. The first-order valence-electron chi connectivity index (χ1n) is 8.92. The van der Waals surface area contributed by atoms with Crippen LogP contribution in [0.25, 0.3) is 0 Å². The van der Waals surface area contributed by atoms with Gasteiger partial charge < -0.3 is 5.32 Å². The minimum Gasteiger partial charge on any atom is -0.325 e. The van der Waals surface area contributed by atoms with Crippen LogP contribution in [0.15, 0.2) is 41.1 Å². The Bertz CT molecular complexity index is 735. The molecule has 1 N–H and O–H groups in total. The molecule has 0 spiro atoms. The largest absolute Gasteiger partial charge is 0.325 e. The zero-order valence-electron chi connectivity index (χ0n) is 15.3. The number of thiophene rings is 1. The maximum Gasteiger partial charge on any atom is 0.241 e. The van der Waals surface area contributed by atoms with Gasteiger partial charge in [-0.15, -0.1) is 0 Å². The van der Waals surface area contributed by atoms with Crippen LogP contribution in [0.3, 0.4) is 0 Å². The lowest BCUT2D eigenvalue weighted by Crippen LogP contribution is -2.52. The lowest BCUT2D eigenvalue weighted by Gasteiger charge is -2.37. The molecule has 6 heteroatoms. The van der Waals surface area contributed by atoms with Crippen LogP contribution in [0, 0.1) is 0 Å². The van der Waals surface area contributed by atoms with E-state index in [2.05, 4.69) is 31.9 Å². The third-order valence-electron chi connectivity index (χ3n) is 4.88. The Morgan fingerprint density at radius 3 is 2.38 bits per heavy atom. The highest BCUT2D eigenvalue weighted by atomic mass is 32.1. The highest BCUT2D eigenvalue weighted by Gasteiger charge is 2.25. The minimum absolute atomic E-state index is 0.00754. The summed E-state index contributed by atoms with van der Waals surface area (Å²) in [5, 5.41) is 7.25. The van der Waals surface area contributed by atoms with Crippen molar-refractivity contribution in [1.29, 1.82) is 0 Å². The van der Waals surface area contributed by atoms with E-state index in [9.17, 15) is 9.59 Å². The number of benzene rings is 1. The summed E-state index contributed by atoms with van der Waals surface area (Å²) in [4.78, 5) is 28.5. The van der Waals surface area contributed by atoms with Crippen molar-refractivity contribution in [2.75, 3.05) is 31.5 Å². The number of carbonyl (C=O) groups excluding carboxylic acids is 2. The number of nitrogens with one attached hydrogen (secondary N) is 1. The Morgan fingerprint density at radius 2 is 1.81 bits per heavy atom. The van der Waals surface area contributed by atoms with E-state index in [1.54, 1.807) is 35.6 Å². The summed E-state index contributed by atoms with van der Waals surface area (Å²) in [6, 6.07) is 9.04. The zero-order chi connectivity index (χ0) is 18.5. The molecule has 1 saturated heterocycles. The summed E-state index contributed by atoms with van der Waals surface area (Å²) in [5.74, 6) is 0.0171. The zero-order valence-corrected chi connectivity index (χ0v) is 16.1. The van der Waals surface area contributed by atoms with Gasteiger partial charge in [-0.2, -0.15) is 11.3 Å². The predicted molar refractivity (Wildman–Crippen MR) is 106 cm³/mol. The maximum atomic E-state index is 12.5. The van der Waals surface area contributed by atoms with E-state index < -0.39 is 0 Å². The van der Waals surface area contributed by atoms with Crippen molar-refractivity contribution in [3.05, 3.63) is 52.2 Å². The summed E-state index contributed by atoms with van der Waals surface area (Å²) in [7, 11) is 0. The fourth-order valence-electron chi connectivity index (χ4n) is 3.15. The minimum atomic E-state index is -0.175. The van der Waals surface area contributed by atoms with Crippen molar-refractivity contribution in [2.24, 2.45) is 0 Å². The van der Waals surface area contributed by atoms with Gasteiger partial charge in [0, 0.05) is 44.0 Å². The van der Waals surface area contributed by atoms with Crippen molar-refractivity contribution >= 4 is 28.7 Å². The number of amides is 1. The van der Waals surface area contributed by atoms with Crippen LogP contribution in [-0.2, 0) is 11.3 Å². The average molecular weight is 372 g/mol.